The van der Waals surface area contributed by atoms with Crippen LogP contribution in [0.3, 0.4) is 0 Å². The minimum absolute atomic E-state index is 0.0401. The van der Waals surface area contributed by atoms with Gasteiger partial charge in [-0.05, 0) is 26.2 Å². The van der Waals surface area contributed by atoms with Crippen LogP contribution in [0.5, 0.6) is 0 Å². The summed E-state index contributed by atoms with van der Waals surface area (Å²) in [5.41, 5.74) is 0. The molecule has 14 heavy (non-hydrogen) atoms. The monoisotopic (exact) mass is 210 g/mol. The smallest absolute Gasteiger partial charge is 0.138 e. The Kier molecular flexibility index (Phi) is 1.39. The van der Waals surface area contributed by atoms with Gasteiger partial charge in [-0.2, -0.15) is 0 Å². The molecule has 0 amide bonds. The molecule has 2 aliphatic heterocycles. The molecule has 1 saturated carbocycles. The summed E-state index contributed by atoms with van der Waals surface area (Å²) in [6.07, 6.45) is 5.74. The maximum Gasteiger partial charge on any atom is 0.138 e. The first-order valence-corrected chi connectivity index (χ1v) is 6.30. The molecule has 3 heteroatoms. The van der Waals surface area contributed by atoms with Gasteiger partial charge in [-0.1, -0.05) is 12.2 Å². The number of Topliss-reactive ketones (excluding diaryl/α,β-unsaturated/α-hetero) is 1. The number of ketones is 1. The second-order valence-corrected chi connectivity index (χ2v) is 7.36. The van der Waals surface area contributed by atoms with Crippen LogP contribution in [0.2, 0.25) is 0 Å². The fourth-order valence-corrected chi connectivity index (χ4v) is 5.98. The lowest BCUT2D eigenvalue weighted by molar-refractivity contribution is -0.121. The molecule has 0 spiro atoms. The molecular weight excluding hydrogens is 196 g/mol. The predicted octanol–water partition coefficient (Wildman–Crippen LogP) is 1.43. The molecule has 1 saturated heterocycles. The van der Waals surface area contributed by atoms with E-state index in [1.165, 1.54) is 0 Å². The van der Waals surface area contributed by atoms with Crippen LogP contribution >= 0.6 is 0 Å². The number of carbonyl (C=O) groups is 1. The van der Waals surface area contributed by atoms with Crippen LogP contribution in [0.1, 0.15) is 26.7 Å². The van der Waals surface area contributed by atoms with Crippen LogP contribution in [-0.2, 0) is 15.6 Å². The van der Waals surface area contributed by atoms with E-state index in [2.05, 4.69) is 6.08 Å². The average molecular weight is 210 g/mol. The molecule has 76 valence electrons. The van der Waals surface area contributed by atoms with Gasteiger partial charge in [-0.25, -0.2) is 0 Å². The van der Waals surface area contributed by atoms with Gasteiger partial charge in [0.05, 0.1) is 9.49 Å². The predicted molar refractivity (Wildman–Crippen MR) is 55.3 cm³/mol. The molecule has 0 aromatic rings. The minimum Gasteiger partial charge on any atom is -0.299 e. The normalized spacial score (nSPS) is 59.6. The van der Waals surface area contributed by atoms with Crippen LogP contribution in [0, 0.1) is 11.8 Å². The lowest BCUT2D eigenvalue weighted by Crippen LogP contribution is -2.35. The summed E-state index contributed by atoms with van der Waals surface area (Å²) in [5, 5.41) is 0. The Morgan fingerprint density at radius 3 is 2.64 bits per heavy atom. The third-order valence-corrected chi connectivity index (χ3v) is 6.78. The molecule has 0 N–H and O–H groups in total. The van der Waals surface area contributed by atoms with E-state index in [1.807, 2.05) is 19.9 Å². The Hall–Kier alpha value is -0.440. The van der Waals surface area contributed by atoms with E-state index in [0.29, 0.717) is 18.1 Å². The van der Waals surface area contributed by atoms with E-state index in [9.17, 15) is 9.00 Å². The van der Waals surface area contributed by atoms with Crippen LogP contribution < -0.4 is 0 Å². The fourth-order valence-electron chi connectivity index (χ4n) is 3.59. The zero-order chi connectivity index (χ0) is 10.1. The highest BCUT2D eigenvalue weighted by Crippen LogP contribution is 2.60. The van der Waals surface area contributed by atoms with Gasteiger partial charge in [0.25, 0.3) is 0 Å². The largest absolute Gasteiger partial charge is 0.299 e. The average Bonchev–Trinajstić information content (AvgIpc) is 2.68. The molecule has 2 heterocycles. The summed E-state index contributed by atoms with van der Waals surface area (Å²) < 4.78 is 11.7. The topological polar surface area (TPSA) is 34.1 Å². The highest BCUT2D eigenvalue weighted by atomic mass is 32.2. The number of carbonyl (C=O) groups excluding carboxylic acids is 1. The van der Waals surface area contributed by atoms with Crippen LogP contribution in [-0.4, -0.2) is 19.5 Å². The molecule has 3 aliphatic rings. The lowest BCUT2D eigenvalue weighted by Gasteiger charge is -2.26. The second kappa shape index (κ2) is 2.21. The summed E-state index contributed by atoms with van der Waals surface area (Å²) >= 11 is 0. The van der Waals surface area contributed by atoms with E-state index >= 15 is 0 Å². The van der Waals surface area contributed by atoms with Gasteiger partial charge >= 0.3 is 0 Å². The molecular formula is C11H14O2S. The Morgan fingerprint density at radius 2 is 2.00 bits per heavy atom. The Bertz CT molecular complexity index is 387. The molecule has 1 unspecified atom stereocenters. The lowest BCUT2D eigenvalue weighted by atomic mass is 9.73. The zero-order valence-electron chi connectivity index (χ0n) is 8.45. The summed E-state index contributed by atoms with van der Waals surface area (Å²) in [6.45, 7) is 4.03. The Labute approximate surface area is 86.2 Å². The zero-order valence-corrected chi connectivity index (χ0v) is 9.26. The first-order chi connectivity index (χ1) is 6.50. The molecule has 0 aromatic heterocycles. The van der Waals surface area contributed by atoms with Gasteiger partial charge in [-0.15, -0.1) is 0 Å². The van der Waals surface area contributed by atoms with Crippen molar-refractivity contribution in [2.75, 3.05) is 0 Å². The van der Waals surface area contributed by atoms with Crippen molar-refractivity contribution in [1.82, 2.24) is 0 Å². The molecule has 5 atom stereocenters. The Morgan fingerprint density at radius 1 is 1.36 bits per heavy atom. The molecule has 0 radical (unpaired) electrons. The van der Waals surface area contributed by atoms with Gasteiger partial charge < -0.3 is 0 Å². The van der Waals surface area contributed by atoms with Gasteiger partial charge in [0, 0.05) is 23.1 Å². The summed E-state index contributed by atoms with van der Waals surface area (Å²) in [4.78, 5) is 11.8. The van der Waals surface area contributed by atoms with Crippen molar-refractivity contribution in [3.63, 3.8) is 0 Å². The third kappa shape index (κ3) is 0.679. The summed E-state index contributed by atoms with van der Waals surface area (Å²) in [7, 11) is -0.894. The van der Waals surface area contributed by atoms with E-state index in [-0.39, 0.29) is 15.4 Å². The van der Waals surface area contributed by atoms with Crippen molar-refractivity contribution in [1.29, 1.82) is 0 Å². The number of hydrogen-bond donors (Lipinski definition) is 0. The van der Waals surface area contributed by atoms with Crippen molar-refractivity contribution in [3.8, 4) is 0 Å². The van der Waals surface area contributed by atoms with Crippen LogP contribution in [0.25, 0.3) is 0 Å². The maximum atomic E-state index is 12.3. The molecule has 2 fully saturated rings. The van der Waals surface area contributed by atoms with E-state index in [1.54, 1.807) is 0 Å². The fraction of sp³-hybridized carbons (Fsp3) is 0.727. The first-order valence-electron chi connectivity index (χ1n) is 5.15. The van der Waals surface area contributed by atoms with Crippen molar-refractivity contribution in [2.45, 2.75) is 36.2 Å². The van der Waals surface area contributed by atoms with Gasteiger partial charge in [0.15, 0.2) is 0 Å². The summed E-state index contributed by atoms with van der Waals surface area (Å²) in [5.74, 6) is 0.711. The van der Waals surface area contributed by atoms with Crippen molar-refractivity contribution < 1.29 is 9.00 Å². The standard InChI is InChI=1S/C11H14O2S/c1-10-5-6-11(2,14(10)13)9-7(10)3-4-8(9)12/h5-7,9H,3-4H2,1-2H3/t7-,9-,10-,11+,14?/m0/s1. The number of hydrogen-bond acceptors (Lipinski definition) is 2. The van der Waals surface area contributed by atoms with Crippen LogP contribution in [0.4, 0.5) is 0 Å². The van der Waals surface area contributed by atoms with E-state index in [4.69, 9.17) is 0 Å². The molecule has 3 rings (SSSR count). The quantitative estimate of drug-likeness (QED) is 0.567. The maximum absolute atomic E-state index is 12.3. The molecule has 1 aliphatic carbocycles. The third-order valence-electron chi connectivity index (χ3n) is 4.35. The highest BCUT2D eigenvalue weighted by Gasteiger charge is 2.68. The SMILES string of the molecule is C[C@]12C=C[C@](C)([C@@H]3C(=O)CC[C@@H]31)S2=O. The molecule has 2 nitrogen and oxygen atoms in total. The van der Waals surface area contributed by atoms with Gasteiger partial charge in [0.1, 0.15) is 5.78 Å². The van der Waals surface area contributed by atoms with Crippen LogP contribution in [0.15, 0.2) is 12.2 Å². The number of rotatable bonds is 0. The number of fused-ring (bicyclic) bond motifs is 5. The van der Waals surface area contributed by atoms with E-state index in [0.717, 1.165) is 6.42 Å². The highest BCUT2D eigenvalue weighted by molar-refractivity contribution is 7.89. The van der Waals surface area contributed by atoms with Crippen molar-refractivity contribution >= 4 is 16.6 Å². The molecule has 2 bridgehead atoms. The first kappa shape index (κ1) is 8.84. The minimum atomic E-state index is -0.894. The van der Waals surface area contributed by atoms with Crippen molar-refractivity contribution in [3.05, 3.63) is 12.2 Å². The van der Waals surface area contributed by atoms with Gasteiger partial charge in [-0.3, -0.25) is 9.00 Å². The van der Waals surface area contributed by atoms with Gasteiger partial charge in [0.2, 0.25) is 0 Å². The Balaban J connectivity index is 2.22. The van der Waals surface area contributed by atoms with E-state index < -0.39 is 10.8 Å². The van der Waals surface area contributed by atoms with Crippen molar-refractivity contribution in [2.24, 2.45) is 11.8 Å². The second-order valence-electron chi connectivity index (χ2n) is 5.06. The summed E-state index contributed by atoms with van der Waals surface area (Å²) in [6, 6.07) is 0. The molecule has 0 aromatic carbocycles.